The quantitative estimate of drug-likeness (QED) is 0.286. The molecule has 0 saturated carbocycles. The molecule has 2 aliphatic rings. The summed E-state index contributed by atoms with van der Waals surface area (Å²) in [5, 5.41) is 12.1. The highest BCUT2D eigenvalue weighted by Gasteiger charge is 2.31. The van der Waals surface area contributed by atoms with E-state index in [1.807, 2.05) is 35.2 Å². The smallest absolute Gasteiger partial charge is 0.409 e. The van der Waals surface area contributed by atoms with Crippen molar-refractivity contribution >= 4 is 29.8 Å². The number of aliphatic carboxylic acids is 1. The molecule has 1 atom stereocenters. The fourth-order valence-corrected chi connectivity index (χ4v) is 5.78. The summed E-state index contributed by atoms with van der Waals surface area (Å²) in [5.41, 5.74) is 1.31. The van der Waals surface area contributed by atoms with Gasteiger partial charge in [-0.05, 0) is 31.6 Å². The zero-order valence-electron chi connectivity index (χ0n) is 27.9. The molecule has 2 N–H and O–H groups in total. The number of hydrogen-bond donors (Lipinski definition) is 2. The van der Waals surface area contributed by atoms with E-state index >= 15 is 0 Å². The molecule has 2 saturated heterocycles. The molecule has 0 radical (unpaired) electrons. The summed E-state index contributed by atoms with van der Waals surface area (Å²) in [6.07, 6.45) is 3.56. The first-order chi connectivity index (χ1) is 23.1. The van der Waals surface area contributed by atoms with Crippen molar-refractivity contribution in [2.24, 2.45) is 5.92 Å². The van der Waals surface area contributed by atoms with Crippen LogP contribution in [0.4, 0.5) is 4.79 Å². The number of carbonyl (C=O) groups is 5. The van der Waals surface area contributed by atoms with Crippen molar-refractivity contribution in [3.05, 3.63) is 48.2 Å². The Balaban J connectivity index is 1.44. The summed E-state index contributed by atoms with van der Waals surface area (Å²) in [6.45, 7) is 6.74. The van der Waals surface area contributed by atoms with Crippen LogP contribution in [0.1, 0.15) is 69.3 Å². The van der Waals surface area contributed by atoms with Gasteiger partial charge in [-0.2, -0.15) is 0 Å². The summed E-state index contributed by atoms with van der Waals surface area (Å²) in [7, 11) is 0. The Morgan fingerprint density at radius 3 is 2.27 bits per heavy atom. The topological polar surface area (TPSA) is 159 Å². The molecule has 13 nitrogen and oxygen atoms in total. The minimum atomic E-state index is -1.11. The zero-order chi connectivity index (χ0) is 34.5. The second-order valence-electron chi connectivity index (χ2n) is 12.3. The number of benzene rings is 1. The van der Waals surface area contributed by atoms with E-state index in [9.17, 15) is 29.1 Å². The van der Waals surface area contributed by atoms with E-state index < -0.39 is 29.9 Å². The number of likely N-dealkylation sites (tertiary alicyclic amines) is 1. The average Bonchev–Trinajstić information content (AvgIpc) is 3.11. The van der Waals surface area contributed by atoms with Crippen LogP contribution < -0.4 is 10.1 Å². The predicted octanol–water partition coefficient (Wildman–Crippen LogP) is 3.82. The number of piperidine rings is 1. The predicted molar refractivity (Wildman–Crippen MR) is 177 cm³/mol. The van der Waals surface area contributed by atoms with Gasteiger partial charge in [-0.15, -0.1) is 0 Å². The van der Waals surface area contributed by atoms with Gasteiger partial charge in [-0.25, -0.2) is 9.78 Å². The highest BCUT2D eigenvalue weighted by molar-refractivity contribution is 5.97. The van der Waals surface area contributed by atoms with Crippen molar-refractivity contribution in [3.63, 3.8) is 0 Å². The van der Waals surface area contributed by atoms with E-state index in [4.69, 9.17) is 9.47 Å². The first-order valence-electron chi connectivity index (χ1n) is 16.8. The second kappa shape index (κ2) is 18.0. The van der Waals surface area contributed by atoms with Crippen LogP contribution in [0.3, 0.4) is 0 Å². The summed E-state index contributed by atoms with van der Waals surface area (Å²) < 4.78 is 11.5. The number of unbranched alkanes of at least 4 members (excludes halogenated alkanes) is 2. The Bertz CT molecular complexity index is 1400. The fourth-order valence-electron chi connectivity index (χ4n) is 5.78. The van der Waals surface area contributed by atoms with Crippen LogP contribution in [0.15, 0.2) is 42.5 Å². The van der Waals surface area contributed by atoms with Gasteiger partial charge in [0.05, 0.1) is 18.9 Å². The van der Waals surface area contributed by atoms with Gasteiger partial charge in [0, 0.05) is 70.3 Å². The minimum Gasteiger partial charge on any atom is -0.493 e. The Morgan fingerprint density at radius 1 is 0.938 bits per heavy atom. The van der Waals surface area contributed by atoms with E-state index in [2.05, 4.69) is 17.2 Å². The standard InChI is InChI=1S/C35H47N5O8/c1-3-4-8-21-47-35(46)40-19-17-39(18-20-40)34(45)29(11-12-32(42)43)37-33(44)31-23-28(22-30(36-31)27-9-6-5-7-10-27)48-24-26-13-15-38(16-14-26)25(2)41/h5-7,9-10,22-23,26,29H,3-4,8,11-21,24H2,1-2H3,(H,37,44)(H,42,43)/t29-/m0/s1. The molecule has 48 heavy (non-hydrogen) atoms. The van der Waals surface area contributed by atoms with Gasteiger partial charge in [0.15, 0.2) is 0 Å². The molecule has 260 valence electrons. The lowest BCUT2D eigenvalue weighted by Gasteiger charge is -2.36. The first kappa shape index (κ1) is 36.2. The first-order valence-corrected chi connectivity index (χ1v) is 16.8. The van der Waals surface area contributed by atoms with Crippen LogP contribution >= 0.6 is 0 Å². The van der Waals surface area contributed by atoms with Crippen molar-refractivity contribution in [1.29, 1.82) is 0 Å². The van der Waals surface area contributed by atoms with Crippen LogP contribution in [-0.2, 0) is 19.1 Å². The number of carboxylic acid groups (broad SMARTS) is 1. The highest BCUT2D eigenvalue weighted by atomic mass is 16.6. The number of carboxylic acids is 1. The number of piperazine rings is 1. The van der Waals surface area contributed by atoms with Crippen molar-refractivity contribution in [3.8, 4) is 17.0 Å². The molecule has 0 aliphatic carbocycles. The normalized spacial score (nSPS) is 15.8. The molecule has 4 rings (SSSR count). The summed E-state index contributed by atoms with van der Waals surface area (Å²) >= 11 is 0. The van der Waals surface area contributed by atoms with Gasteiger partial charge >= 0.3 is 12.1 Å². The molecule has 2 fully saturated rings. The lowest BCUT2D eigenvalue weighted by molar-refractivity contribution is -0.138. The van der Waals surface area contributed by atoms with Gasteiger partial charge in [-0.3, -0.25) is 19.2 Å². The third kappa shape index (κ3) is 10.7. The summed E-state index contributed by atoms with van der Waals surface area (Å²) in [4.78, 5) is 72.4. The number of carbonyl (C=O) groups excluding carboxylic acids is 4. The van der Waals surface area contributed by atoms with Gasteiger partial charge in [0.2, 0.25) is 11.8 Å². The van der Waals surface area contributed by atoms with Crippen molar-refractivity contribution in [1.82, 2.24) is 25.0 Å². The molecule has 4 amide bonds. The number of ether oxygens (including phenoxy) is 2. The van der Waals surface area contributed by atoms with Gasteiger partial charge < -0.3 is 34.6 Å². The summed E-state index contributed by atoms with van der Waals surface area (Å²) in [5.74, 6) is -1.40. The van der Waals surface area contributed by atoms with Crippen molar-refractivity contribution in [2.45, 2.75) is 64.8 Å². The number of pyridine rings is 1. The number of amides is 4. The average molecular weight is 666 g/mol. The van der Waals surface area contributed by atoms with Crippen LogP contribution in [0, 0.1) is 5.92 Å². The number of aromatic nitrogens is 1. The van der Waals surface area contributed by atoms with Gasteiger partial charge in [0.25, 0.3) is 5.91 Å². The van der Waals surface area contributed by atoms with E-state index in [1.165, 1.54) is 11.0 Å². The van der Waals surface area contributed by atoms with E-state index in [0.29, 0.717) is 37.7 Å². The van der Waals surface area contributed by atoms with Gasteiger partial charge in [-0.1, -0.05) is 50.1 Å². The van der Waals surface area contributed by atoms with Crippen LogP contribution in [0.2, 0.25) is 0 Å². The molecule has 3 heterocycles. The Labute approximate surface area is 281 Å². The maximum absolute atomic E-state index is 13.7. The van der Waals surface area contributed by atoms with Crippen LogP contribution in [0.25, 0.3) is 11.3 Å². The molecule has 0 spiro atoms. The molecule has 13 heteroatoms. The third-order valence-corrected chi connectivity index (χ3v) is 8.72. The van der Waals surface area contributed by atoms with E-state index in [0.717, 1.165) is 37.7 Å². The van der Waals surface area contributed by atoms with Crippen LogP contribution in [0.5, 0.6) is 5.75 Å². The molecule has 0 bridgehead atoms. The minimum absolute atomic E-state index is 0.0292. The SMILES string of the molecule is CCCCCOC(=O)N1CCN(C(=O)[C@H](CCC(=O)O)NC(=O)c2cc(OCC3CCN(C(C)=O)CC3)cc(-c3ccccc3)n2)CC1. The molecule has 1 aromatic heterocycles. The molecular weight excluding hydrogens is 618 g/mol. The maximum atomic E-state index is 13.7. The lowest BCUT2D eigenvalue weighted by Crippen LogP contribution is -2.56. The Kier molecular flexibility index (Phi) is 13.6. The molecule has 1 aromatic carbocycles. The van der Waals surface area contributed by atoms with Crippen LogP contribution in [-0.4, -0.2) is 113 Å². The zero-order valence-corrected chi connectivity index (χ0v) is 27.9. The fraction of sp³-hybridized carbons (Fsp3) is 0.543. The lowest BCUT2D eigenvalue weighted by atomic mass is 9.98. The van der Waals surface area contributed by atoms with E-state index in [1.54, 1.807) is 17.9 Å². The van der Waals surface area contributed by atoms with Gasteiger partial charge in [0.1, 0.15) is 17.5 Å². The largest absolute Gasteiger partial charge is 0.493 e. The summed E-state index contributed by atoms with van der Waals surface area (Å²) in [6, 6.07) is 11.5. The number of nitrogens with zero attached hydrogens (tertiary/aromatic N) is 4. The van der Waals surface area contributed by atoms with E-state index in [-0.39, 0.29) is 56.5 Å². The maximum Gasteiger partial charge on any atom is 0.409 e. The second-order valence-corrected chi connectivity index (χ2v) is 12.3. The van der Waals surface area contributed by atoms with Crippen molar-refractivity contribution < 1.29 is 38.6 Å². The highest BCUT2D eigenvalue weighted by Crippen LogP contribution is 2.25. The Hall–Kier alpha value is -4.68. The third-order valence-electron chi connectivity index (χ3n) is 8.72. The molecule has 0 unspecified atom stereocenters. The number of rotatable bonds is 14. The molecule has 2 aromatic rings. The molecular formula is C35H47N5O8. The molecule has 2 aliphatic heterocycles. The number of hydrogen-bond acceptors (Lipinski definition) is 8. The van der Waals surface area contributed by atoms with Crippen molar-refractivity contribution in [2.75, 3.05) is 52.5 Å². The monoisotopic (exact) mass is 665 g/mol. The number of nitrogens with one attached hydrogen (secondary N) is 1. The Morgan fingerprint density at radius 2 is 1.62 bits per heavy atom.